The van der Waals surface area contributed by atoms with E-state index in [4.69, 9.17) is 0 Å². The Labute approximate surface area is 155 Å². The maximum atomic E-state index is 12.3. The van der Waals surface area contributed by atoms with Crippen molar-refractivity contribution in [2.24, 2.45) is 0 Å². The van der Waals surface area contributed by atoms with Gasteiger partial charge in [-0.25, -0.2) is 4.98 Å². The third kappa shape index (κ3) is 4.45. The standard InChI is InChI=1S/C18H20N4O3S/c1-11-10-26-16(20-11)8-9-19-15(23)7-6-14-18(25)21-13-5-3-2-4-12(13)17(24)22-14/h2-5,10,14H,6-9H2,1H3,(H,19,23)(H,21,25)(H,22,24)/t14-/m1/s1. The molecule has 0 saturated carbocycles. The van der Waals surface area contributed by atoms with Crippen molar-refractivity contribution in [3.63, 3.8) is 0 Å². The minimum Gasteiger partial charge on any atom is -0.356 e. The monoisotopic (exact) mass is 372 g/mol. The van der Waals surface area contributed by atoms with Gasteiger partial charge in [-0.3, -0.25) is 14.4 Å². The summed E-state index contributed by atoms with van der Waals surface area (Å²) in [6, 6.07) is 6.09. The first-order valence-corrected chi connectivity index (χ1v) is 9.29. The predicted molar refractivity (Wildman–Crippen MR) is 99.1 cm³/mol. The summed E-state index contributed by atoms with van der Waals surface area (Å²) in [5.41, 5.74) is 1.89. The summed E-state index contributed by atoms with van der Waals surface area (Å²) in [6.45, 7) is 2.43. The van der Waals surface area contributed by atoms with Crippen LogP contribution in [0.2, 0.25) is 0 Å². The Morgan fingerprint density at radius 1 is 1.31 bits per heavy atom. The highest BCUT2D eigenvalue weighted by Crippen LogP contribution is 2.19. The highest BCUT2D eigenvalue weighted by Gasteiger charge is 2.27. The molecule has 1 aromatic carbocycles. The van der Waals surface area contributed by atoms with Gasteiger partial charge in [0.1, 0.15) is 6.04 Å². The third-order valence-corrected chi connectivity index (χ3v) is 5.07. The van der Waals surface area contributed by atoms with Crippen LogP contribution in [0, 0.1) is 6.92 Å². The average Bonchev–Trinajstić information content (AvgIpc) is 2.98. The Hall–Kier alpha value is -2.74. The average molecular weight is 372 g/mol. The number of aryl methyl sites for hydroxylation is 1. The van der Waals surface area contributed by atoms with E-state index in [9.17, 15) is 14.4 Å². The molecule has 0 saturated heterocycles. The van der Waals surface area contributed by atoms with Gasteiger partial charge in [-0.2, -0.15) is 0 Å². The predicted octanol–water partition coefficient (Wildman–Crippen LogP) is 1.64. The van der Waals surface area contributed by atoms with Crippen LogP contribution >= 0.6 is 11.3 Å². The molecule has 0 spiro atoms. The molecule has 136 valence electrons. The van der Waals surface area contributed by atoms with Crippen molar-refractivity contribution in [2.75, 3.05) is 11.9 Å². The minimum atomic E-state index is -0.734. The molecule has 0 unspecified atom stereocenters. The second kappa shape index (κ2) is 8.09. The van der Waals surface area contributed by atoms with Crippen molar-refractivity contribution in [3.05, 3.63) is 45.9 Å². The third-order valence-electron chi connectivity index (χ3n) is 4.04. The van der Waals surface area contributed by atoms with Crippen LogP contribution in [0.1, 0.15) is 33.9 Å². The number of carbonyl (C=O) groups excluding carboxylic acids is 3. The van der Waals surface area contributed by atoms with Gasteiger partial charge < -0.3 is 16.0 Å². The van der Waals surface area contributed by atoms with Crippen LogP contribution < -0.4 is 16.0 Å². The number of thiazole rings is 1. The highest BCUT2D eigenvalue weighted by atomic mass is 32.1. The molecule has 2 aromatic rings. The molecule has 0 fully saturated rings. The SMILES string of the molecule is Cc1csc(CCNC(=O)CC[C@H]2NC(=O)c3ccccc3NC2=O)n1. The lowest BCUT2D eigenvalue weighted by atomic mass is 10.1. The van der Waals surface area contributed by atoms with Gasteiger partial charge in [0.25, 0.3) is 5.91 Å². The summed E-state index contributed by atoms with van der Waals surface area (Å²) in [5, 5.41) is 11.2. The second-order valence-electron chi connectivity index (χ2n) is 6.08. The molecule has 1 aliphatic heterocycles. The Morgan fingerprint density at radius 3 is 2.88 bits per heavy atom. The molecule has 0 radical (unpaired) electrons. The molecule has 0 bridgehead atoms. The number of carbonyl (C=O) groups is 3. The zero-order valence-corrected chi connectivity index (χ0v) is 15.2. The zero-order valence-electron chi connectivity index (χ0n) is 14.4. The summed E-state index contributed by atoms with van der Waals surface area (Å²) >= 11 is 1.57. The van der Waals surface area contributed by atoms with Gasteiger partial charge in [-0.1, -0.05) is 12.1 Å². The fraction of sp³-hybridized carbons (Fsp3) is 0.333. The van der Waals surface area contributed by atoms with Gasteiger partial charge in [0, 0.05) is 30.5 Å². The van der Waals surface area contributed by atoms with E-state index in [1.165, 1.54) is 0 Å². The second-order valence-corrected chi connectivity index (χ2v) is 7.02. The van der Waals surface area contributed by atoms with Crippen molar-refractivity contribution in [1.82, 2.24) is 15.6 Å². The van der Waals surface area contributed by atoms with Gasteiger partial charge >= 0.3 is 0 Å². The molecule has 1 atom stereocenters. The first-order valence-electron chi connectivity index (χ1n) is 8.41. The van der Waals surface area contributed by atoms with Crippen molar-refractivity contribution in [2.45, 2.75) is 32.2 Å². The largest absolute Gasteiger partial charge is 0.356 e. The normalized spacial score (nSPS) is 16.3. The number of para-hydroxylation sites is 1. The Morgan fingerprint density at radius 2 is 2.12 bits per heavy atom. The van der Waals surface area contributed by atoms with Gasteiger partial charge in [-0.05, 0) is 25.5 Å². The number of amides is 3. The lowest BCUT2D eigenvalue weighted by Gasteiger charge is -2.14. The number of nitrogens with zero attached hydrogens (tertiary/aromatic N) is 1. The van der Waals surface area contributed by atoms with Crippen LogP contribution in [-0.2, 0) is 16.0 Å². The van der Waals surface area contributed by atoms with Crippen molar-refractivity contribution < 1.29 is 14.4 Å². The van der Waals surface area contributed by atoms with Crippen LogP contribution in [0.5, 0.6) is 0 Å². The van der Waals surface area contributed by atoms with E-state index in [1.807, 2.05) is 12.3 Å². The number of rotatable bonds is 6. The van der Waals surface area contributed by atoms with Crippen molar-refractivity contribution >= 4 is 34.7 Å². The van der Waals surface area contributed by atoms with E-state index in [0.29, 0.717) is 24.2 Å². The number of fused-ring (bicyclic) bond motifs is 1. The summed E-state index contributed by atoms with van der Waals surface area (Å²) in [6.07, 6.45) is 1.08. The van der Waals surface area contributed by atoms with E-state index in [1.54, 1.807) is 35.6 Å². The highest BCUT2D eigenvalue weighted by molar-refractivity contribution is 7.09. The summed E-state index contributed by atoms with van der Waals surface area (Å²) < 4.78 is 0. The summed E-state index contributed by atoms with van der Waals surface area (Å²) in [4.78, 5) is 40.8. The number of anilines is 1. The number of aromatic nitrogens is 1. The summed E-state index contributed by atoms with van der Waals surface area (Å²) in [5.74, 6) is -0.778. The molecular formula is C18H20N4O3S. The number of benzene rings is 1. The Bertz CT molecular complexity index is 833. The first kappa shape index (κ1) is 18.1. The summed E-state index contributed by atoms with van der Waals surface area (Å²) in [7, 11) is 0. The van der Waals surface area contributed by atoms with Crippen LogP contribution in [0.3, 0.4) is 0 Å². The van der Waals surface area contributed by atoms with E-state index >= 15 is 0 Å². The smallest absolute Gasteiger partial charge is 0.254 e. The quantitative estimate of drug-likeness (QED) is 0.718. The van der Waals surface area contributed by atoms with Gasteiger partial charge in [0.05, 0.1) is 16.3 Å². The first-order chi connectivity index (χ1) is 12.5. The fourth-order valence-electron chi connectivity index (χ4n) is 2.70. The molecule has 1 aliphatic rings. The van der Waals surface area contributed by atoms with Gasteiger partial charge in [-0.15, -0.1) is 11.3 Å². The number of nitrogens with one attached hydrogen (secondary N) is 3. The zero-order chi connectivity index (χ0) is 18.5. The Balaban J connectivity index is 1.47. The fourth-order valence-corrected chi connectivity index (χ4v) is 3.48. The molecule has 26 heavy (non-hydrogen) atoms. The molecule has 3 amide bonds. The molecule has 0 aliphatic carbocycles. The van der Waals surface area contributed by atoms with E-state index in [0.717, 1.165) is 10.7 Å². The maximum absolute atomic E-state index is 12.3. The molecular weight excluding hydrogens is 352 g/mol. The number of hydrogen-bond acceptors (Lipinski definition) is 5. The van der Waals surface area contributed by atoms with E-state index in [-0.39, 0.29) is 30.6 Å². The molecule has 3 N–H and O–H groups in total. The van der Waals surface area contributed by atoms with Gasteiger partial charge in [0.15, 0.2) is 0 Å². The molecule has 3 rings (SSSR count). The molecule has 8 heteroatoms. The lowest BCUT2D eigenvalue weighted by Crippen LogP contribution is -2.42. The van der Waals surface area contributed by atoms with E-state index in [2.05, 4.69) is 20.9 Å². The van der Waals surface area contributed by atoms with Crippen molar-refractivity contribution in [1.29, 1.82) is 0 Å². The topological polar surface area (TPSA) is 100 Å². The van der Waals surface area contributed by atoms with Crippen molar-refractivity contribution in [3.8, 4) is 0 Å². The van der Waals surface area contributed by atoms with Gasteiger partial charge in [0.2, 0.25) is 11.8 Å². The molecule has 7 nitrogen and oxygen atoms in total. The van der Waals surface area contributed by atoms with Crippen LogP contribution in [0.15, 0.2) is 29.6 Å². The Kier molecular flexibility index (Phi) is 5.62. The maximum Gasteiger partial charge on any atom is 0.254 e. The minimum absolute atomic E-state index is 0.151. The van der Waals surface area contributed by atoms with Crippen LogP contribution in [0.4, 0.5) is 5.69 Å². The van der Waals surface area contributed by atoms with E-state index < -0.39 is 6.04 Å². The van der Waals surface area contributed by atoms with Crippen LogP contribution in [0.25, 0.3) is 0 Å². The molecule has 1 aromatic heterocycles. The number of hydrogen-bond donors (Lipinski definition) is 3. The lowest BCUT2D eigenvalue weighted by molar-refractivity contribution is -0.121. The molecule has 2 heterocycles. The van der Waals surface area contributed by atoms with Crippen LogP contribution in [-0.4, -0.2) is 35.3 Å².